The number of benzene rings is 1. The molecule has 1 aromatic carbocycles. The zero-order valence-electron chi connectivity index (χ0n) is 9.85. The van der Waals surface area contributed by atoms with E-state index in [0.717, 1.165) is 18.2 Å². The number of hydrogen-bond acceptors (Lipinski definition) is 1. The van der Waals surface area contributed by atoms with Crippen molar-refractivity contribution in [2.24, 2.45) is 5.92 Å². The molecule has 0 radical (unpaired) electrons. The Bertz CT molecular complexity index is 403. The molecule has 0 aliphatic heterocycles. The van der Waals surface area contributed by atoms with Crippen LogP contribution in [0, 0.1) is 17.6 Å². The minimum absolute atomic E-state index is 0.0696. The van der Waals surface area contributed by atoms with Crippen LogP contribution in [-0.2, 0) is 0 Å². The minimum atomic E-state index is -0.486. The summed E-state index contributed by atoms with van der Waals surface area (Å²) in [4.78, 5) is 0. The number of halogens is 2. The number of rotatable bonds is 2. The largest absolute Gasteiger partial charge is 0.310 e. The zero-order valence-corrected chi connectivity index (χ0v) is 9.85. The molecule has 1 aromatic rings. The van der Waals surface area contributed by atoms with Crippen molar-refractivity contribution in [2.45, 2.75) is 32.7 Å². The summed E-state index contributed by atoms with van der Waals surface area (Å²) in [7, 11) is 0. The van der Waals surface area contributed by atoms with Crippen molar-refractivity contribution < 1.29 is 8.78 Å². The smallest absolute Gasteiger partial charge is 0.129 e. The topological polar surface area (TPSA) is 12.0 Å². The third-order valence-electron chi connectivity index (χ3n) is 3.66. The lowest BCUT2D eigenvalue weighted by atomic mass is 9.94. The van der Waals surface area contributed by atoms with E-state index in [0.29, 0.717) is 11.5 Å². The molecule has 0 aromatic heterocycles. The van der Waals surface area contributed by atoms with Crippen LogP contribution in [0.2, 0.25) is 0 Å². The second kappa shape index (κ2) is 4.13. The van der Waals surface area contributed by atoms with Crippen LogP contribution in [0.15, 0.2) is 12.1 Å². The Labute approximate surface area is 94.9 Å². The standard InChI is InChI=1S/C13H17F2N/c1-4-16-13-8(3)7(2)12-10(13)5-9(14)6-11(12)15/h5-8,13,16H,4H2,1-3H3. The average Bonchev–Trinajstić information content (AvgIpc) is 2.44. The lowest BCUT2D eigenvalue weighted by Gasteiger charge is -2.19. The second-order valence-corrected chi connectivity index (χ2v) is 4.57. The summed E-state index contributed by atoms with van der Waals surface area (Å²) < 4.78 is 26.9. The second-order valence-electron chi connectivity index (χ2n) is 4.57. The molecule has 1 aliphatic rings. The molecule has 88 valence electrons. The normalized spacial score (nSPS) is 28.2. The maximum Gasteiger partial charge on any atom is 0.129 e. The summed E-state index contributed by atoms with van der Waals surface area (Å²) in [6.45, 7) is 6.89. The molecule has 0 amide bonds. The SMILES string of the molecule is CCNC1c2cc(F)cc(F)c2C(C)C1C. The van der Waals surface area contributed by atoms with Crippen LogP contribution in [0.25, 0.3) is 0 Å². The van der Waals surface area contributed by atoms with Crippen LogP contribution >= 0.6 is 0 Å². The number of hydrogen-bond donors (Lipinski definition) is 1. The monoisotopic (exact) mass is 225 g/mol. The van der Waals surface area contributed by atoms with E-state index in [9.17, 15) is 8.78 Å². The minimum Gasteiger partial charge on any atom is -0.310 e. The average molecular weight is 225 g/mol. The van der Waals surface area contributed by atoms with E-state index < -0.39 is 11.6 Å². The Hall–Kier alpha value is -0.960. The van der Waals surface area contributed by atoms with Crippen LogP contribution in [0.1, 0.15) is 43.9 Å². The Morgan fingerprint density at radius 1 is 1.25 bits per heavy atom. The molecule has 0 saturated carbocycles. The van der Waals surface area contributed by atoms with Gasteiger partial charge in [0.2, 0.25) is 0 Å². The summed E-state index contributed by atoms with van der Waals surface area (Å²) >= 11 is 0. The molecule has 0 fully saturated rings. The third kappa shape index (κ3) is 1.63. The molecule has 2 rings (SSSR count). The molecular formula is C13H17F2N. The van der Waals surface area contributed by atoms with E-state index in [1.807, 2.05) is 13.8 Å². The van der Waals surface area contributed by atoms with Crippen LogP contribution in [0.4, 0.5) is 8.78 Å². The molecule has 1 aliphatic carbocycles. The van der Waals surface area contributed by atoms with Crippen molar-refractivity contribution >= 4 is 0 Å². The van der Waals surface area contributed by atoms with Crippen molar-refractivity contribution in [1.82, 2.24) is 5.32 Å². The van der Waals surface area contributed by atoms with Gasteiger partial charge in [0.15, 0.2) is 0 Å². The Kier molecular flexibility index (Phi) is 2.98. The summed E-state index contributed by atoms with van der Waals surface area (Å²) in [6, 6.07) is 2.52. The maximum absolute atomic E-state index is 13.7. The van der Waals surface area contributed by atoms with E-state index in [2.05, 4.69) is 12.2 Å². The van der Waals surface area contributed by atoms with Gasteiger partial charge in [-0.15, -0.1) is 0 Å². The number of fused-ring (bicyclic) bond motifs is 1. The van der Waals surface area contributed by atoms with Crippen molar-refractivity contribution in [3.8, 4) is 0 Å². The predicted octanol–water partition coefficient (Wildman–Crippen LogP) is 3.37. The molecule has 3 atom stereocenters. The van der Waals surface area contributed by atoms with Gasteiger partial charge in [-0.25, -0.2) is 8.78 Å². The molecule has 0 heterocycles. The van der Waals surface area contributed by atoms with Crippen molar-refractivity contribution in [3.63, 3.8) is 0 Å². The van der Waals surface area contributed by atoms with Crippen LogP contribution in [0.3, 0.4) is 0 Å². The highest BCUT2D eigenvalue weighted by molar-refractivity contribution is 5.40. The first-order chi connectivity index (χ1) is 7.56. The fourth-order valence-electron chi connectivity index (χ4n) is 2.69. The first-order valence-electron chi connectivity index (χ1n) is 5.78. The van der Waals surface area contributed by atoms with Crippen molar-refractivity contribution in [3.05, 3.63) is 34.9 Å². The highest BCUT2D eigenvalue weighted by Gasteiger charge is 2.37. The van der Waals surface area contributed by atoms with E-state index in [1.54, 1.807) is 0 Å². The van der Waals surface area contributed by atoms with Crippen molar-refractivity contribution in [1.29, 1.82) is 0 Å². The Morgan fingerprint density at radius 3 is 2.56 bits per heavy atom. The molecule has 1 N–H and O–H groups in total. The summed E-state index contributed by atoms with van der Waals surface area (Å²) in [5.74, 6) is -0.457. The van der Waals surface area contributed by atoms with Gasteiger partial charge in [0.05, 0.1) is 0 Å². The quantitative estimate of drug-likeness (QED) is 0.813. The van der Waals surface area contributed by atoms with Gasteiger partial charge >= 0.3 is 0 Å². The van der Waals surface area contributed by atoms with E-state index in [1.165, 1.54) is 6.07 Å². The van der Waals surface area contributed by atoms with E-state index in [-0.39, 0.29) is 12.0 Å². The van der Waals surface area contributed by atoms with E-state index >= 15 is 0 Å². The Morgan fingerprint density at radius 2 is 1.94 bits per heavy atom. The Balaban J connectivity index is 2.51. The molecule has 0 saturated heterocycles. The molecule has 3 unspecified atom stereocenters. The van der Waals surface area contributed by atoms with Gasteiger partial charge in [-0.1, -0.05) is 20.8 Å². The van der Waals surface area contributed by atoms with Gasteiger partial charge in [-0.3, -0.25) is 0 Å². The van der Waals surface area contributed by atoms with Gasteiger partial charge in [-0.2, -0.15) is 0 Å². The fraction of sp³-hybridized carbons (Fsp3) is 0.538. The highest BCUT2D eigenvalue weighted by Crippen LogP contribution is 2.45. The van der Waals surface area contributed by atoms with Gasteiger partial charge in [-0.05, 0) is 35.6 Å². The summed E-state index contributed by atoms with van der Waals surface area (Å²) in [6.07, 6.45) is 0. The molecule has 16 heavy (non-hydrogen) atoms. The molecule has 0 bridgehead atoms. The fourth-order valence-corrected chi connectivity index (χ4v) is 2.69. The van der Waals surface area contributed by atoms with Crippen LogP contribution < -0.4 is 5.32 Å². The summed E-state index contributed by atoms with van der Waals surface area (Å²) in [5, 5.41) is 3.30. The van der Waals surface area contributed by atoms with Gasteiger partial charge in [0, 0.05) is 12.1 Å². The first kappa shape index (κ1) is 11.5. The maximum atomic E-state index is 13.7. The zero-order chi connectivity index (χ0) is 11.9. The number of nitrogens with one attached hydrogen (secondary N) is 1. The van der Waals surface area contributed by atoms with Crippen molar-refractivity contribution in [2.75, 3.05) is 6.54 Å². The first-order valence-corrected chi connectivity index (χ1v) is 5.78. The predicted molar refractivity (Wildman–Crippen MR) is 60.4 cm³/mol. The molecular weight excluding hydrogens is 208 g/mol. The lowest BCUT2D eigenvalue weighted by Crippen LogP contribution is -2.24. The van der Waals surface area contributed by atoms with Gasteiger partial charge < -0.3 is 5.32 Å². The molecule has 1 nitrogen and oxygen atoms in total. The summed E-state index contributed by atoms with van der Waals surface area (Å²) in [5.41, 5.74) is 1.47. The van der Waals surface area contributed by atoms with Crippen LogP contribution in [0.5, 0.6) is 0 Å². The molecule has 0 spiro atoms. The molecule has 3 heteroatoms. The highest BCUT2D eigenvalue weighted by atomic mass is 19.1. The lowest BCUT2D eigenvalue weighted by molar-refractivity contribution is 0.384. The van der Waals surface area contributed by atoms with E-state index in [4.69, 9.17) is 0 Å². The van der Waals surface area contributed by atoms with Crippen LogP contribution in [-0.4, -0.2) is 6.54 Å². The van der Waals surface area contributed by atoms with Gasteiger partial charge in [0.1, 0.15) is 11.6 Å². The van der Waals surface area contributed by atoms with Gasteiger partial charge in [0.25, 0.3) is 0 Å². The third-order valence-corrected chi connectivity index (χ3v) is 3.66.